The fourth-order valence-electron chi connectivity index (χ4n) is 2.74. The van der Waals surface area contributed by atoms with Crippen LogP contribution < -0.4 is 5.32 Å². The van der Waals surface area contributed by atoms with Crippen molar-refractivity contribution in [3.8, 4) is 0 Å². The number of fused-ring (bicyclic) bond motifs is 1. The van der Waals surface area contributed by atoms with Gasteiger partial charge in [0.1, 0.15) is 0 Å². The molecule has 0 spiro atoms. The van der Waals surface area contributed by atoms with Gasteiger partial charge in [0, 0.05) is 36.8 Å². The van der Waals surface area contributed by atoms with Crippen LogP contribution in [0.3, 0.4) is 0 Å². The van der Waals surface area contributed by atoms with Gasteiger partial charge in [-0.1, -0.05) is 6.07 Å². The lowest BCUT2D eigenvalue weighted by Crippen LogP contribution is -2.46. The van der Waals surface area contributed by atoms with Crippen LogP contribution in [0.25, 0.3) is 10.9 Å². The van der Waals surface area contributed by atoms with Gasteiger partial charge in [-0.2, -0.15) is 0 Å². The number of amides is 1. The molecule has 1 saturated heterocycles. The smallest absolute Gasteiger partial charge is 0.253 e. The van der Waals surface area contributed by atoms with Crippen LogP contribution >= 0.6 is 0 Å². The van der Waals surface area contributed by atoms with Crippen molar-refractivity contribution in [3.05, 3.63) is 42.1 Å². The summed E-state index contributed by atoms with van der Waals surface area (Å²) in [5.74, 6) is 0.0875. The van der Waals surface area contributed by atoms with E-state index in [1.807, 2.05) is 42.3 Å². The highest BCUT2D eigenvalue weighted by Gasteiger charge is 2.22. The molecule has 2 heterocycles. The molecule has 1 aromatic carbocycles. The van der Waals surface area contributed by atoms with Gasteiger partial charge in [0.05, 0.1) is 5.52 Å². The van der Waals surface area contributed by atoms with Crippen LogP contribution in [-0.4, -0.2) is 42.0 Å². The van der Waals surface area contributed by atoms with Crippen LogP contribution in [0.1, 0.15) is 23.2 Å². The van der Waals surface area contributed by atoms with E-state index in [0.29, 0.717) is 6.04 Å². The minimum Gasteiger partial charge on any atom is -0.337 e. The van der Waals surface area contributed by atoms with Crippen molar-refractivity contribution in [2.75, 3.05) is 20.1 Å². The molecule has 0 aliphatic carbocycles. The van der Waals surface area contributed by atoms with Crippen LogP contribution in [0, 0.1) is 0 Å². The zero-order valence-electron chi connectivity index (χ0n) is 11.7. The summed E-state index contributed by atoms with van der Waals surface area (Å²) in [7, 11) is 1.90. The molecular formula is C16H19N3O. The number of benzene rings is 1. The van der Waals surface area contributed by atoms with Crippen molar-refractivity contribution in [1.82, 2.24) is 15.2 Å². The second-order valence-corrected chi connectivity index (χ2v) is 5.33. The lowest BCUT2D eigenvalue weighted by atomic mass is 10.0. The molecule has 1 aromatic heterocycles. The third kappa shape index (κ3) is 2.51. The molecule has 1 aliphatic heterocycles. The SMILES string of the molecule is CN(C(=O)c1ccc2ncccc2c1)C1CCCNC1. The molecule has 3 rings (SSSR count). The van der Waals surface area contributed by atoms with Crippen molar-refractivity contribution >= 4 is 16.8 Å². The van der Waals surface area contributed by atoms with Gasteiger partial charge >= 0.3 is 0 Å². The van der Waals surface area contributed by atoms with E-state index in [1.165, 1.54) is 0 Å². The molecule has 20 heavy (non-hydrogen) atoms. The number of carbonyl (C=O) groups excluding carboxylic acids is 1. The number of hydrogen-bond acceptors (Lipinski definition) is 3. The Morgan fingerprint density at radius 1 is 1.40 bits per heavy atom. The number of pyridine rings is 1. The summed E-state index contributed by atoms with van der Waals surface area (Å²) in [4.78, 5) is 18.7. The summed E-state index contributed by atoms with van der Waals surface area (Å²) in [6, 6.07) is 9.88. The second kappa shape index (κ2) is 5.59. The summed E-state index contributed by atoms with van der Waals surface area (Å²) in [5.41, 5.74) is 1.66. The van der Waals surface area contributed by atoms with E-state index in [4.69, 9.17) is 0 Å². The van der Waals surface area contributed by atoms with Crippen molar-refractivity contribution in [2.24, 2.45) is 0 Å². The summed E-state index contributed by atoms with van der Waals surface area (Å²) in [6.45, 7) is 1.94. The molecule has 1 atom stereocenters. The standard InChI is InChI=1S/C16H19N3O/c1-19(14-5-3-8-17-11-14)16(20)13-6-7-15-12(10-13)4-2-9-18-15/h2,4,6-7,9-10,14,17H,3,5,8,11H2,1H3. The minimum absolute atomic E-state index is 0.0875. The Kier molecular flexibility index (Phi) is 3.65. The Balaban J connectivity index is 1.83. The summed E-state index contributed by atoms with van der Waals surface area (Å²) in [6.07, 6.45) is 3.97. The molecule has 4 nitrogen and oxygen atoms in total. The zero-order chi connectivity index (χ0) is 13.9. The predicted octanol–water partition coefficient (Wildman–Crippen LogP) is 2.06. The highest BCUT2D eigenvalue weighted by atomic mass is 16.2. The molecule has 0 radical (unpaired) electrons. The normalized spacial score (nSPS) is 18.9. The first kappa shape index (κ1) is 13.1. The molecule has 1 unspecified atom stereocenters. The van der Waals surface area contributed by atoms with Crippen molar-refractivity contribution in [3.63, 3.8) is 0 Å². The van der Waals surface area contributed by atoms with E-state index in [1.54, 1.807) is 6.20 Å². The average Bonchev–Trinajstić information content (AvgIpc) is 2.54. The number of nitrogens with one attached hydrogen (secondary N) is 1. The molecule has 0 bridgehead atoms. The topological polar surface area (TPSA) is 45.2 Å². The highest BCUT2D eigenvalue weighted by molar-refractivity contribution is 5.97. The number of hydrogen-bond donors (Lipinski definition) is 1. The molecule has 1 amide bonds. The third-order valence-electron chi connectivity index (χ3n) is 3.99. The lowest BCUT2D eigenvalue weighted by molar-refractivity contribution is 0.0708. The van der Waals surface area contributed by atoms with Crippen molar-refractivity contribution in [1.29, 1.82) is 0 Å². The van der Waals surface area contributed by atoms with E-state index in [2.05, 4.69) is 10.3 Å². The fraction of sp³-hybridized carbons (Fsp3) is 0.375. The molecule has 1 fully saturated rings. The van der Waals surface area contributed by atoms with Crippen molar-refractivity contribution < 1.29 is 4.79 Å². The van der Waals surface area contributed by atoms with E-state index in [0.717, 1.165) is 42.4 Å². The van der Waals surface area contributed by atoms with Gasteiger partial charge in [0.15, 0.2) is 0 Å². The lowest BCUT2D eigenvalue weighted by Gasteiger charge is -2.31. The number of nitrogens with zero attached hydrogens (tertiary/aromatic N) is 2. The van der Waals surface area contributed by atoms with Gasteiger partial charge in [-0.15, -0.1) is 0 Å². The summed E-state index contributed by atoms with van der Waals surface area (Å²) in [5, 5.41) is 4.36. The second-order valence-electron chi connectivity index (χ2n) is 5.33. The highest BCUT2D eigenvalue weighted by Crippen LogP contribution is 2.17. The maximum Gasteiger partial charge on any atom is 0.253 e. The van der Waals surface area contributed by atoms with Gasteiger partial charge in [-0.25, -0.2) is 0 Å². The van der Waals surface area contributed by atoms with Crippen LogP contribution in [0.5, 0.6) is 0 Å². The van der Waals surface area contributed by atoms with Crippen LogP contribution in [0.4, 0.5) is 0 Å². The molecule has 0 saturated carbocycles. The van der Waals surface area contributed by atoms with E-state index in [9.17, 15) is 4.79 Å². The van der Waals surface area contributed by atoms with Crippen LogP contribution in [0.15, 0.2) is 36.5 Å². The quantitative estimate of drug-likeness (QED) is 0.907. The van der Waals surface area contributed by atoms with Crippen LogP contribution in [-0.2, 0) is 0 Å². The number of aromatic nitrogens is 1. The monoisotopic (exact) mass is 269 g/mol. The van der Waals surface area contributed by atoms with E-state index in [-0.39, 0.29) is 5.91 Å². The van der Waals surface area contributed by atoms with E-state index < -0.39 is 0 Å². The van der Waals surface area contributed by atoms with Gasteiger partial charge in [-0.3, -0.25) is 9.78 Å². The number of carbonyl (C=O) groups is 1. The third-order valence-corrected chi connectivity index (χ3v) is 3.99. The summed E-state index contributed by atoms with van der Waals surface area (Å²) < 4.78 is 0. The predicted molar refractivity (Wildman–Crippen MR) is 79.7 cm³/mol. The first-order chi connectivity index (χ1) is 9.75. The van der Waals surface area contributed by atoms with Gasteiger partial charge in [0.2, 0.25) is 0 Å². The first-order valence-corrected chi connectivity index (χ1v) is 7.08. The van der Waals surface area contributed by atoms with E-state index >= 15 is 0 Å². The Morgan fingerprint density at radius 2 is 2.30 bits per heavy atom. The Morgan fingerprint density at radius 3 is 3.10 bits per heavy atom. The number of likely N-dealkylation sites (N-methyl/N-ethyl adjacent to an activating group) is 1. The van der Waals surface area contributed by atoms with Crippen LogP contribution in [0.2, 0.25) is 0 Å². The van der Waals surface area contributed by atoms with Gasteiger partial charge in [0.25, 0.3) is 5.91 Å². The Hall–Kier alpha value is -1.94. The molecule has 1 aliphatic rings. The molecule has 1 N–H and O–H groups in total. The first-order valence-electron chi connectivity index (χ1n) is 7.08. The largest absolute Gasteiger partial charge is 0.337 e. The Bertz CT molecular complexity index is 620. The van der Waals surface area contributed by atoms with Gasteiger partial charge in [-0.05, 0) is 43.7 Å². The molecular weight excluding hydrogens is 250 g/mol. The van der Waals surface area contributed by atoms with Gasteiger partial charge < -0.3 is 10.2 Å². The number of piperidine rings is 1. The Labute approximate surface area is 118 Å². The average molecular weight is 269 g/mol. The minimum atomic E-state index is 0.0875. The molecule has 2 aromatic rings. The molecule has 104 valence electrons. The fourth-order valence-corrected chi connectivity index (χ4v) is 2.74. The number of rotatable bonds is 2. The maximum absolute atomic E-state index is 12.6. The van der Waals surface area contributed by atoms with Crippen molar-refractivity contribution in [2.45, 2.75) is 18.9 Å². The molecule has 4 heteroatoms. The zero-order valence-corrected chi connectivity index (χ0v) is 11.7. The maximum atomic E-state index is 12.6. The summed E-state index contributed by atoms with van der Waals surface area (Å²) >= 11 is 0.